The highest BCUT2D eigenvalue weighted by Crippen LogP contribution is 2.06. The van der Waals surface area contributed by atoms with E-state index in [-0.39, 0.29) is 5.56 Å². The molecule has 0 bridgehead atoms. The zero-order chi connectivity index (χ0) is 10.7. The number of aromatic nitrogens is 1. The number of rotatable bonds is 2. The standard InChI is InChI=1S/C13H13NO/c1-14-8-7-12(10-13(14)15)9-11-5-3-2-4-6-11/h2-8,10H,9H2,1H3. The van der Waals surface area contributed by atoms with Crippen molar-refractivity contribution in [2.24, 2.45) is 7.05 Å². The van der Waals surface area contributed by atoms with Gasteiger partial charge in [0.15, 0.2) is 0 Å². The molecular weight excluding hydrogens is 186 g/mol. The number of hydrogen-bond donors (Lipinski definition) is 0. The van der Waals surface area contributed by atoms with Crippen molar-refractivity contribution >= 4 is 0 Å². The molecule has 0 radical (unpaired) electrons. The molecule has 0 saturated heterocycles. The number of aryl methyl sites for hydroxylation is 1. The maximum atomic E-state index is 11.4. The van der Waals surface area contributed by atoms with E-state index in [1.807, 2.05) is 24.3 Å². The lowest BCUT2D eigenvalue weighted by Gasteiger charge is -2.02. The summed E-state index contributed by atoms with van der Waals surface area (Å²) in [6.07, 6.45) is 2.62. The van der Waals surface area contributed by atoms with E-state index >= 15 is 0 Å². The van der Waals surface area contributed by atoms with Gasteiger partial charge in [-0.2, -0.15) is 0 Å². The second-order valence-electron chi connectivity index (χ2n) is 3.65. The molecule has 0 aliphatic carbocycles. The molecule has 1 aromatic carbocycles. The molecule has 2 rings (SSSR count). The summed E-state index contributed by atoms with van der Waals surface area (Å²) in [6.45, 7) is 0. The van der Waals surface area contributed by atoms with Crippen molar-refractivity contribution in [1.29, 1.82) is 0 Å². The lowest BCUT2D eigenvalue weighted by molar-refractivity contribution is 0.852. The fraction of sp³-hybridized carbons (Fsp3) is 0.154. The van der Waals surface area contributed by atoms with Crippen LogP contribution in [-0.2, 0) is 13.5 Å². The molecule has 0 aliphatic rings. The third-order valence-corrected chi connectivity index (χ3v) is 2.42. The van der Waals surface area contributed by atoms with Gasteiger partial charge in [-0.3, -0.25) is 4.79 Å². The molecule has 0 atom stereocenters. The molecule has 0 unspecified atom stereocenters. The molecule has 76 valence electrons. The van der Waals surface area contributed by atoms with Crippen LogP contribution in [0.4, 0.5) is 0 Å². The Morgan fingerprint density at radius 2 is 1.80 bits per heavy atom. The third kappa shape index (κ3) is 2.34. The Kier molecular flexibility index (Phi) is 2.68. The van der Waals surface area contributed by atoms with Gasteiger partial charge in [0.25, 0.3) is 5.56 Å². The van der Waals surface area contributed by atoms with Crippen LogP contribution in [0.2, 0.25) is 0 Å². The highest BCUT2D eigenvalue weighted by Gasteiger charge is 1.97. The second kappa shape index (κ2) is 4.13. The normalized spacial score (nSPS) is 10.2. The Balaban J connectivity index is 2.26. The summed E-state index contributed by atoms with van der Waals surface area (Å²) in [5, 5.41) is 0. The van der Waals surface area contributed by atoms with Crippen LogP contribution < -0.4 is 5.56 Å². The molecule has 0 N–H and O–H groups in total. The number of pyridine rings is 1. The largest absolute Gasteiger partial charge is 0.319 e. The predicted molar refractivity (Wildman–Crippen MR) is 60.9 cm³/mol. The fourth-order valence-electron chi connectivity index (χ4n) is 1.53. The topological polar surface area (TPSA) is 22.0 Å². The Labute approximate surface area is 88.8 Å². The SMILES string of the molecule is Cn1ccc(Cc2ccccc2)cc1=O. The van der Waals surface area contributed by atoms with Crippen molar-refractivity contribution < 1.29 is 0 Å². The lowest BCUT2D eigenvalue weighted by Crippen LogP contribution is -2.15. The van der Waals surface area contributed by atoms with Crippen LogP contribution in [0.3, 0.4) is 0 Å². The summed E-state index contributed by atoms with van der Waals surface area (Å²) >= 11 is 0. The number of nitrogens with zero attached hydrogens (tertiary/aromatic N) is 1. The average molecular weight is 199 g/mol. The molecule has 0 spiro atoms. The summed E-state index contributed by atoms with van der Waals surface area (Å²) in [5.74, 6) is 0. The average Bonchev–Trinajstić information content (AvgIpc) is 2.25. The molecule has 2 heteroatoms. The summed E-state index contributed by atoms with van der Waals surface area (Å²) < 4.78 is 1.58. The smallest absolute Gasteiger partial charge is 0.250 e. The van der Waals surface area contributed by atoms with E-state index in [4.69, 9.17) is 0 Å². The molecule has 2 aromatic rings. The Morgan fingerprint density at radius 3 is 2.47 bits per heavy atom. The number of benzene rings is 1. The Hall–Kier alpha value is -1.83. The molecule has 0 amide bonds. The van der Waals surface area contributed by atoms with Gasteiger partial charge in [0.1, 0.15) is 0 Å². The van der Waals surface area contributed by atoms with Crippen LogP contribution in [0.1, 0.15) is 11.1 Å². The van der Waals surface area contributed by atoms with Crippen LogP contribution in [0.25, 0.3) is 0 Å². The zero-order valence-electron chi connectivity index (χ0n) is 8.68. The van der Waals surface area contributed by atoms with Crippen LogP contribution in [0.15, 0.2) is 53.5 Å². The minimum atomic E-state index is 0.0448. The van der Waals surface area contributed by atoms with Gasteiger partial charge in [0, 0.05) is 19.3 Å². The maximum absolute atomic E-state index is 11.4. The monoisotopic (exact) mass is 199 g/mol. The molecule has 2 nitrogen and oxygen atoms in total. The minimum Gasteiger partial charge on any atom is -0.319 e. The van der Waals surface area contributed by atoms with Gasteiger partial charge in [0.2, 0.25) is 0 Å². The van der Waals surface area contributed by atoms with Crippen LogP contribution in [0, 0.1) is 0 Å². The highest BCUT2D eigenvalue weighted by atomic mass is 16.1. The quantitative estimate of drug-likeness (QED) is 0.724. The molecule has 1 heterocycles. The summed E-state index contributed by atoms with van der Waals surface area (Å²) in [7, 11) is 1.76. The van der Waals surface area contributed by atoms with E-state index < -0.39 is 0 Å². The van der Waals surface area contributed by atoms with Crippen molar-refractivity contribution in [1.82, 2.24) is 4.57 Å². The Morgan fingerprint density at radius 1 is 1.07 bits per heavy atom. The van der Waals surface area contributed by atoms with Gasteiger partial charge >= 0.3 is 0 Å². The van der Waals surface area contributed by atoms with Crippen molar-refractivity contribution in [2.75, 3.05) is 0 Å². The fourth-order valence-corrected chi connectivity index (χ4v) is 1.53. The molecule has 0 saturated carbocycles. The van der Waals surface area contributed by atoms with Gasteiger partial charge in [0.05, 0.1) is 0 Å². The molecule has 1 aromatic heterocycles. The van der Waals surface area contributed by atoms with Crippen LogP contribution in [0.5, 0.6) is 0 Å². The molecule has 0 aliphatic heterocycles. The first kappa shape index (κ1) is 9.71. The van der Waals surface area contributed by atoms with Crippen LogP contribution in [-0.4, -0.2) is 4.57 Å². The van der Waals surface area contributed by atoms with Crippen molar-refractivity contribution in [3.8, 4) is 0 Å². The van der Waals surface area contributed by atoms with Crippen molar-refractivity contribution in [3.63, 3.8) is 0 Å². The second-order valence-corrected chi connectivity index (χ2v) is 3.65. The maximum Gasteiger partial charge on any atom is 0.250 e. The van der Waals surface area contributed by atoms with E-state index in [0.717, 1.165) is 12.0 Å². The summed E-state index contributed by atoms with van der Waals surface area (Å²) in [6, 6.07) is 13.8. The van der Waals surface area contributed by atoms with Gasteiger partial charge in [-0.25, -0.2) is 0 Å². The van der Waals surface area contributed by atoms with Crippen molar-refractivity contribution in [3.05, 3.63) is 70.1 Å². The zero-order valence-corrected chi connectivity index (χ0v) is 8.68. The third-order valence-electron chi connectivity index (χ3n) is 2.42. The minimum absolute atomic E-state index is 0.0448. The Bertz CT molecular complexity index is 499. The van der Waals surface area contributed by atoms with E-state index in [2.05, 4.69) is 12.1 Å². The van der Waals surface area contributed by atoms with E-state index in [0.29, 0.717) is 0 Å². The number of hydrogen-bond acceptors (Lipinski definition) is 1. The molecule has 15 heavy (non-hydrogen) atoms. The van der Waals surface area contributed by atoms with Gasteiger partial charge in [-0.05, 0) is 23.6 Å². The highest BCUT2D eigenvalue weighted by molar-refractivity contribution is 5.24. The van der Waals surface area contributed by atoms with Crippen LogP contribution >= 0.6 is 0 Å². The summed E-state index contributed by atoms with van der Waals surface area (Å²) in [4.78, 5) is 11.4. The lowest BCUT2D eigenvalue weighted by atomic mass is 10.1. The van der Waals surface area contributed by atoms with E-state index in [1.165, 1.54) is 5.56 Å². The van der Waals surface area contributed by atoms with E-state index in [1.54, 1.807) is 23.9 Å². The molecule has 0 fully saturated rings. The first-order valence-electron chi connectivity index (χ1n) is 4.95. The first-order valence-corrected chi connectivity index (χ1v) is 4.95. The van der Waals surface area contributed by atoms with Crippen molar-refractivity contribution in [2.45, 2.75) is 6.42 Å². The van der Waals surface area contributed by atoms with Gasteiger partial charge in [-0.15, -0.1) is 0 Å². The summed E-state index contributed by atoms with van der Waals surface area (Å²) in [5.41, 5.74) is 2.33. The molecular formula is C13H13NO. The van der Waals surface area contributed by atoms with E-state index in [9.17, 15) is 4.79 Å². The van der Waals surface area contributed by atoms with Gasteiger partial charge < -0.3 is 4.57 Å². The predicted octanol–water partition coefficient (Wildman–Crippen LogP) is 1.98. The first-order chi connectivity index (χ1) is 7.25. The van der Waals surface area contributed by atoms with Gasteiger partial charge in [-0.1, -0.05) is 30.3 Å².